The monoisotopic (exact) mass is 828 g/mol. The predicted molar refractivity (Wildman–Crippen MR) is 255 cm³/mol. The smallest absolute Gasteiger partial charge is 0.306 e. The summed E-state index contributed by atoms with van der Waals surface area (Å²) in [5.41, 5.74) is 0. The van der Waals surface area contributed by atoms with Gasteiger partial charge in [-0.3, -0.25) is 9.59 Å². The Morgan fingerprint density at radius 3 is 1.44 bits per heavy atom. The van der Waals surface area contributed by atoms with E-state index < -0.39 is 18.2 Å². The Balaban J connectivity index is 4.64. The van der Waals surface area contributed by atoms with Crippen LogP contribution in [0, 0.1) is 0 Å². The number of unbranched alkanes of at least 4 members (excludes halogenated alkanes) is 27. The number of nitrogens with one attached hydrogen (secondary N) is 1. The van der Waals surface area contributed by atoms with E-state index in [1.54, 1.807) is 0 Å². The maximum atomic E-state index is 13.2. The lowest BCUT2D eigenvalue weighted by Crippen LogP contribution is -2.46. The Hall–Kier alpha value is -2.18. The largest absolute Gasteiger partial charge is 0.462 e. The van der Waals surface area contributed by atoms with Crippen LogP contribution in [0.3, 0.4) is 0 Å². The minimum absolute atomic E-state index is 0.0592. The van der Waals surface area contributed by atoms with E-state index in [2.05, 4.69) is 74.7 Å². The van der Waals surface area contributed by atoms with Gasteiger partial charge in [0.1, 0.15) is 6.10 Å². The second-order valence-electron chi connectivity index (χ2n) is 17.2. The molecule has 0 heterocycles. The van der Waals surface area contributed by atoms with Crippen LogP contribution in [0.25, 0.3) is 0 Å². The summed E-state index contributed by atoms with van der Waals surface area (Å²) in [6.45, 7) is 6.34. The first-order chi connectivity index (χ1) is 29.0. The zero-order chi connectivity index (χ0) is 43.1. The van der Waals surface area contributed by atoms with Crippen LogP contribution in [-0.2, 0) is 14.3 Å². The van der Waals surface area contributed by atoms with Crippen LogP contribution in [0.5, 0.6) is 0 Å². The molecule has 1 amide bonds. The summed E-state index contributed by atoms with van der Waals surface area (Å²) >= 11 is 0. The number of rotatable bonds is 45. The van der Waals surface area contributed by atoms with Crippen LogP contribution in [-0.4, -0.2) is 46.9 Å². The molecule has 3 N–H and O–H groups in total. The van der Waals surface area contributed by atoms with Gasteiger partial charge in [-0.15, -0.1) is 0 Å². The fraction of sp³-hybridized carbons (Fsp3) is 0.811. The highest BCUT2D eigenvalue weighted by molar-refractivity contribution is 5.77. The molecular formula is C53H97NO5. The number of hydrogen-bond donors (Lipinski definition) is 3. The van der Waals surface area contributed by atoms with E-state index in [-0.39, 0.29) is 24.9 Å². The van der Waals surface area contributed by atoms with E-state index in [0.717, 1.165) is 89.9 Å². The molecule has 344 valence electrons. The van der Waals surface area contributed by atoms with Gasteiger partial charge in [-0.2, -0.15) is 0 Å². The molecule has 0 spiro atoms. The number of aliphatic hydroxyl groups excluding tert-OH is 2. The number of amides is 1. The second kappa shape index (κ2) is 46.9. The van der Waals surface area contributed by atoms with E-state index in [1.165, 1.54) is 116 Å². The second-order valence-corrected chi connectivity index (χ2v) is 17.2. The van der Waals surface area contributed by atoms with Gasteiger partial charge in [0.25, 0.3) is 0 Å². The molecule has 0 aliphatic heterocycles. The van der Waals surface area contributed by atoms with E-state index in [0.29, 0.717) is 19.3 Å². The van der Waals surface area contributed by atoms with Crippen LogP contribution in [0.1, 0.15) is 252 Å². The number of allylic oxidation sites excluding steroid dienone is 8. The van der Waals surface area contributed by atoms with Gasteiger partial charge in [0, 0.05) is 6.42 Å². The van der Waals surface area contributed by atoms with Gasteiger partial charge in [0.2, 0.25) is 5.91 Å². The van der Waals surface area contributed by atoms with Crippen LogP contribution < -0.4 is 5.32 Å². The average molecular weight is 828 g/mol. The summed E-state index contributed by atoms with van der Waals surface area (Å²) in [5.74, 6) is -0.509. The first kappa shape index (κ1) is 56.8. The zero-order valence-electron chi connectivity index (χ0n) is 39.1. The van der Waals surface area contributed by atoms with Crippen molar-refractivity contribution in [3.8, 4) is 0 Å². The maximum Gasteiger partial charge on any atom is 0.306 e. The summed E-state index contributed by atoms with van der Waals surface area (Å²) in [4.78, 5) is 26.1. The molecular weight excluding hydrogens is 731 g/mol. The molecule has 6 nitrogen and oxygen atoms in total. The number of hydrogen-bond acceptors (Lipinski definition) is 5. The molecule has 0 saturated heterocycles. The standard InChI is InChI=1S/C53H97NO5/c1-4-7-10-13-16-19-22-24-25-26-28-30-32-35-38-41-44-49(59-53(58)46-43-40-37-34-31-27-23-20-17-14-11-8-5-2)47-52(57)54-50(48-55)51(56)45-42-39-36-33-29-21-18-15-12-9-6-3/h8,11,14,17,20,23,28,30,49-51,55-56H,4-7,9-10,12-13,15-16,18-19,21-22,24-27,29,31-48H2,1-3H3,(H,54,57)/b11-8+,17-14+,23-20-,30-28+. The lowest BCUT2D eigenvalue weighted by molar-refractivity contribution is -0.151. The summed E-state index contributed by atoms with van der Waals surface area (Å²) in [6, 6.07) is -0.709. The average Bonchev–Trinajstić information content (AvgIpc) is 3.23. The molecule has 0 saturated carbocycles. The van der Waals surface area contributed by atoms with Crippen LogP contribution in [0.2, 0.25) is 0 Å². The van der Waals surface area contributed by atoms with Crippen molar-refractivity contribution in [2.75, 3.05) is 6.61 Å². The minimum atomic E-state index is -0.794. The van der Waals surface area contributed by atoms with Crippen molar-refractivity contribution in [3.63, 3.8) is 0 Å². The normalized spacial score (nSPS) is 13.6. The molecule has 0 bridgehead atoms. The number of carbonyl (C=O) groups excluding carboxylic acids is 2. The van der Waals surface area contributed by atoms with Gasteiger partial charge in [0.15, 0.2) is 0 Å². The van der Waals surface area contributed by atoms with E-state index in [4.69, 9.17) is 4.74 Å². The molecule has 3 atom stereocenters. The lowest BCUT2D eigenvalue weighted by atomic mass is 10.0. The van der Waals surface area contributed by atoms with Crippen molar-refractivity contribution in [1.82, 2.24) is 5.32 Å². The van der Waals surface area contributed by atoms with E-state index >= 15 is 0 Å². The number of esters is 1. The van der Waals surface area contributed by atoms with Crippen LogP contribution in [0.15, 0.2) is 48.6 Å². The third-order valence-electron chi connectivity index (χ3n) is 11.5. The van der Waals surface area contributed by atoms with Gasteiger partial charge >= 0.3 is 5.97 Å². The molecule has 0 aliphatic rings. The SMILES string of the molecule is CC/C=C/C=C/C=C\CCCCCCCC(=O)OC(CCCCC/C=C/CCCCCCCCCCC)CC(=O)NC(CO)C(O)CCCCCCCCCCCCC. The number of ether oxygens (including phenoxy) is 1. The predicted octanol–water partition coefficient (Wildman–Crippen LogP) is 15.1. The fourth-order valence-corrected chi connectivity index (χ4v) is 7.60. The van der Waals surface area contributed by atoms with Crippen molar-refractivity contribution in [3.05, 3.63) is 48.6 Å². The Morgan fingerprint density at radius 2 is 0.932 bits per heavy atom. The number of carbonyl (C=O) groups is 2. The highest BCUT2D eigenvalue weighted by Crippen LogP contribution is 2.17. The van der Waals surface area contributed by atoms with Crippen LogP contribution >= 0.6 is 0 Å². The summed E-state index contributed by atoms with van der Waals surface area (Å²) < 4.78 is 5.91. The van der Waals surface area contributed by atoms with E-state index in [1.807, 2.05) is 0 Å². The quantitative estimate of drug-likeness (QED) is 0.0246. The highest BCUT2D eigenvalue weighted by Gasteiger charge is 2.24. The summed E-state index contributed by atoms with van der Waals surface area (Å²) in [6.07, 6.45) is 56.0. The highest BCUT2D eigenvalue weighted by atomic mass is 16.5. The van der Waals surface area contributed by atoms with Gasteiger partial charge in [-0.1, -0.05) is 217 Å². The summed E-state index contributed by atoms with van der Waals surface area (Å²) in [7, 11) is 0. The number of aliphatic hydroxyl groups is 2. The summed E-state index contributed by atoms with van der Waals surface area (Å²) in [5, 5.41) is 23.7. The van der Waals surface area contributed by atoms with Crippen molar-refractivity contribution in [2.24, 2.45) is 0 Å². The molecule has 0 aromatic carbocycles. The Morgan fingerprint density at radius 1 is 0.508 bits per heavy atom. The van der Waals surface area contributed by atoms with Crippen molar-refractivity contribution in [1.29, 1.82) is 0 Å². The molecule has 0 aromatic rings. The third kappa shape index (κ3) is 42.3. The van der Waals surface area contributed by atoms with Gasteiger partial charge in [-0.25, -0.2) is 0 Å². The first-order valence-electron chi connectivity index (χ1n) is 25.4. The Kier molecular flexibility index (Phi) is 45.1. The zero-order valence-corrected chi connectivity index (χ0v) is 39.1. The maximum absolute atomic E-state index is 13.2. The molecule has 0 rings (SSSR count). The lowest BCUT2D eigenvalue weighted by Gasteiger charge is -2.24. The van der Waals surface area contributed by atoms with Crippen molar-refractivity contribution in [2.45, 2.75) is 270 Å². The van der Waals surface area contributed by atoms with Crippen molar-refractivity contribution < 1.29 is 24.5 Å². The Labute approximate surface area is 366 Å². The molecule has 6 heteroatoms. The molecule has 0 aliphatic carbocycles. The van der Waals surface area contributed by atoms with E-state index in [9.17, 15) is 19.8 Å². The van der Waals surface area contributed by atoms with Crippen LogP contribution in [0.4, 0.5) is 0 Å². The van der Waals surface area contributed by atoms with Crippen molar-refractivity contribution >= 4 is 11.9 Å². The molecule has 0 radical (unpaired) electrons. The third-order valence-corrected chi connectivity index (χ3v) is 11.5. The minimum Gasteiger partial charge on any atom is -0.462 e. The van der Waals surface area contributed by atoms with Gasteiger partial charge in [-0.05, 0) is 70.6 Å². The Bertz CT molecular complexity index is 1020. The molecule has 0 aromatic heterocycles. The molecule has 0 fully saturated rings. The topological polar surface area (TPSA) is 95.9 Å². The van der Waals surface area contributed by atoms with Gasteiger partial charge in [0.05, 0.1) is 25.2 Å². The first-order valence-corrected chi connectivity index (χ1v) is 25.4. The van der Waals surface area contributed by atoms with Gasteiger partial charge < -0.3 is 20.3 Å². The molecule has 3 unspecified atom stereocenters. The fourth-order valence-electron chi connectivity index (χ4n) is 7.60. The molecule has 59 heavy (non-hydrogen) atoms.